The van der Waals surface area contributed by atoms with Crippen LogP contribution >= 0.6 is 8.25 Å². The summed E-state index contributed by atoms with van der Waals surface area (Å²) in [5.41, 5.74) is -0.115. The normalized spacial score (nSPS) is 12.1. The van der Waals surface area contributed by atoms with Crippen LogP contribution in [0.2, 0.25) is 0 Å². The lowest BCUT2D eigenvalue weighted by molar-refractivity contribution is -0.448. The zero-order chi connectivity index (χ0) is 12.8. The van der Waals surface area contributed by atoms with Crippen molar-refractivity contribution in [3.8, 4) is 5.75 Å². The molecule has 8 nitrogen and oxygen atoms in total. The fourth-order valence-electron chi connectivity index (χ4n) is 0.966. The smallest absolute Gasteiger partial charge is 0.347 e. The average molecular weight is 263 g/mol. The molecule has 0 bridgehead atoms. The summed E-state index contributed by atoms with van der Waals surface area (Å²) in [4.78, 5) is 28.7. The lowest BCUT2D eigenvalue weighted by Gasteiger charge is -2.15. The third-order valence-electron chi connectivity index (χ3n) is 1.64. The molecule has 1 unspecified atom stereocenters. The van der Waals surface area contributed by atoms with Gasteiger partial charge in [-0.2, -0.15) is 0 Å². The minimum atomic E-state index is -3.37. The SMILES string of the molecule is CON(OO[PH](=O)O)C(=O)c1ccccc1O. The van der Waals surface area contributed by atoms with Crippen molar-refractivity contribution in [2.24, 2.45) is 0 Å². The van der Waals surface area contributed by atoms with E-state index in [4.69, 9.17) is 4.89 Å². The molecule has 0 saturated carbocycles. The van der Waals surface area contributed by atoms with Crippen molar-refractivity contribution in [2.45, 2.75) is 0 Å². The summed E-state index contributed by atoms with van der Waals surface area (Å²) in [5, 5.41) is 9.61. The van der Waals surface area contributed by atoms with E-state index in [0.29, 0.717) is 0 Å². The zero-order valence-electron chi connectivity index (χ0n) is 8.69. The molecular formula is C8H10NO7P. The van der Waals surface area contributed by atoms with E-state index in [1.54, 1.807) is 0 Å². The number of nitrogens with zero attached hydrogens (tertiary/aromatic N) is 1. The molecule has 0 heterocycles. The number of phenolic OH excluding ortho intramolecular Hbond substituents is 1. The molecular weight excluding hydrogens is 253 g/mol. The number of phenols is 1. The summed E-state index contributed by atoms with van der Waals surface area (Å²) >= 11 is 0. The topological polar surface area (TPSA) is 106 Å². The molecule has 0 aliphatic carbocycles. The summed E-state index contributed by atoms with van der Waals surface area (Å²) < 4.78 is 14.1. The second-order valence-electron chi connectivity index (χ2n) is 2.69. The Kier molecular flexibility index (Phi) is 5.08. The molecule has 1 rings (SSSR count). The van der Waals surface area contributed by atoms with Gasteiger partial charge in [0.15, 0.2) is 0 Å². The van der Waals surface area contributed by atoms with Crippen molar-refractivity contribution < 1.29 is 33.9 Å². The molecule has 2 N–H and O–H groups in total. The van der Waals surface area contributed by atoms with E-state index in [0.717, 1.165) is 7.11 Å². The Balaban J connectivity index is 2.79. The molecule has 94 valence electrons. The second-order valence-corrected chi connectivity index (χ2v) is 3.38. The van der Waals surface area contributed by atoms with E-state index in [1.165, 1.54) is 24.3 Å². The molecule has 1 aromatic carbocycles. The lowest BCUT2D eigenvalue weighted by Crippen LogP contribution is -2.29. The van der Waals surface area contributed by atoms with Gasteiger partial charge in [0, 0.05) is 0 Å². The molecule has 0 radical (unpaired) electrons. The van der Waals surface area contributed by atoms with Crippen molar-refractivity contribution in [3.05, 3.63) is 29.8 Å². The first-order valence-electron chi connectivity index (χ1n) is 4.30. The molecule has 0 aliphatic rings. The third-order valence-corrected chi connectivity index (χ3v) is 1.86. The van der Waals surface area contributed by atoms with Gasteiger partial charge in [-0.15, -0.1) is 4.67 Å². The zero-order valence-corrected chi connectivity index (χ0v) is 9.69. The highest BCUT2D eigenvalue weighted by molar-refractivity contribution is 7.31. The number of rotatable bonds is 5. The van der Waals surface area contributed by atoms with Crippen molar-refractivity contribution in [1.29, 1.82) is 0 Å². The van der Waals surface area contributed by atoms with Crippen LogP contribution in [0.1, 0.15) is 10.4 Å². The van der Waals surface area contributed by atoms with Crippen LogP contribution in [0.5, 0.6) is 5.75 Å². The van der Waals surface area contributed by atoms with Gasteiger partial charge in [0.25, 0.3) is 0 Å². The number of hydrogen-bond acceptors (Lipinski definition) is 6. The van der Waals surface area contributed by atoms with Gasteiger partial charge in [-0.3, -0.25) is 9.36 Å². The van der Waals surface area contributed by atoms with Crippen LogP contribution in [0.4, 0.5) is 0 Å². The van der Waals surface area contributed by atoms with Gasteiger partial charge < -0.3 is 10.00 Å². The summed E-state index contributed by atoms with van der Waals surface area (Å²) in [6.45, 7) is 0. The number of aromatic hydroxyl groups is 1. The Morgan fingerprint density at radius 1 is 1.41 bits per heavy atom. The number of carbonyl (C=O) groups is 1. The quantitative estimate of drug-likeness (QED) is 0.456. The Hall–Kier alpha value is -1.44. The van der Waals surface area contributed by atoms with Gasteiger partial charge in [0.1, 0.15) is 5.75 Å². The van der Waals surface area contributed by atoms with E-state index >= 15 is 0 Å². The average Bonchev–Trinajstić information content (AvgIpc) is 2.29. The van der Waals surface area contributed by atoms with Crippen LogP contribution in [0, 0.1) is 0 Å². The van der Waals surface area contributed by atoms with E-state index in [-0.39, 0.29) is 16.5 Å². The van der Waals surface area contributed by atoms with Crippen LogP contribution in [-0.4, -0.2) is 28.2 Å². The maximum atomic E-state index is 11.7. The Morgan fingerprint density at radius 2 is 2.06 bits per heavy atom. The highest BCUT2D eigenvalue weighted by Crippen LogP contribution is 2.20. The second kappa shape index (κ2) is 6.33. The lowest BCUT2D eigenvalue weighted by atomic mass is 10.2. The summed E-state index contributed by atoms with van der Waals surface area (Å²) in [6, 6.07) is 5.63. The molecule has 1 atom stereocenters. The van der Waals surface area contributed by atoms with Crippen LogP contribution in [0.3, 0.4) is 0 Å². The van der Waals surface area contributed by atoms with Gasteiger partial charge in [0.05, 0.1) is 12.7 Å². The van der Waals surface area contributed by atoms with Crippen LogP contribution in [0.15, 0.2) is 24.3 Å². The van der Waals surface area contributed by atoms with Crippen LogP contribution < -0.4 is 0 Å². The van der Waals surface area contributed by atoms with Crippen LogP contribution in [-0.2, 0) is 19.1 Å². The van der Waals surface area contributed by atoms with E-state index in [2.05, 4.69) is 14.5 Å². The number of hydroxylamine groups is 2. The minimum Gasteiger partial charge on any atom is -0.507 e. The van der Waals surface area contributed by atoms with Gasteiger partial charge in [-0.05, 0) is 12.1 Å². The number of hydrogen-bond donors (Lipinski definition) is 2. The van der Waals surface area contributed by atoms with Gasteiger partial charge >= 0.3 is 14.2 Å². The highest BCUT2D eigenvalue weighted by Gasteiger charge is 2.21. The number of amides is 1. The third kappa shape index (κ3) is 3.81. The number of benzene rings is 1. The Bertz CT molecular complexity index is 424. The van der Waals surface area contributed by atoms with E-state index in [1.807, 2.05) is 0 Å². The monoisotopic (exact) mass is 263 g/mol. The highest BCUT2D eigenvalue weighted by atomic mass is 31.1. The van der Waals surface area contributed by atoms with Crippen molar-refractivity contribution >= 4 is 14.2 Å². The first-order valence-corrected chi connectivity index (χ1v) is 5.56. The molecule has 9 heteroatoms. The van der Waals surface area contributed by atoms with Crippen molar-refractivity contribution in [2.75, 3.05) is 7.11 Å². The van der Waals surface area contributed by atoms with Gasteiger partial charge in [-0.1, -0.05) is 22.3 Å². The first kappa shape index (κ1) is 13.6. The fraction of sp³-hybridized carbons (Fsp3) is 0.125. The molecule has 17 heavy (non-hydrogen) atoms. The Labute approximate surface area is 96.7 Å². The predicted molar refractivity (Wildman–Crippen MR) is 54.7 cm³/mol. The maximum Gasteiger partial charge on any atom is 0.347 e. The number of carbonyl (C=O) groups excluding carboxylic acids is 1. The summed E-state index contributed by atoms with van der Waals surface area (Å²) in [5.74, 6) is -1.19. The molecule has 0 saturated heterocycles. The standard InChI is InChI=1S/C8H10NO7P/c1-14-9(15-16-17(12)13)8(11)6-4-2-3-5-7(6)10/h2-5,10,17H,1H3,(H,12,13). The van der Waals surface area contributed by atoms with Gasteiger partial charge in [0.2, 0.25) is 0 Å². The molecule has 0 aliphatic heterocycles. The fourth-order valence-corrected chi connectivity index (χ4v) is 1.10. The van der Waals surface area contributed by atoms with E-state index < -0.39 is 14.2 Å². The van der Waals surface area contributed by atoms with Gasteiger partial charge in [-0.25, -0.2) is 4.84 Å². The Morgan fingerprint density at radius 3 is 2.59 bits per heavy atom. The van der Waals surface area contributed by atoms with Crippen molar-refractivity contribution in [3.63, 3.8) is 0 Å². The molecule has 0 spiro atoms. The molecule has 1 amide bonds. The molecule has 0 aromatic heterocycles. The minimum absolute atomic E-state index is 0.115. The predicted octanol–water partition coefficient (Wildman–Crippen LogP) is 0.641. The molecule has 1 aromatic rings. The number of para-hydroxylation sites is 1. The molecule has 0 fully saturated rings. The van der Waals surface area contributed by atoms with E-state index in [9.17, 15) is 14.5 Å². The summed E-state index contributed by atoms with van der Waals surface area (Å²) in [7, 11) is -2.29. The van der Waals surface area contributed by atoms with Crippen LogP contribution in [0.25, 0.3) is 0 Å². The first-order chi connectivity index (χ1) is 8.06. The summed E-state index contributed by atoms with van der Waals surface area (Å²) in [6.07, 6.45) is 0. The maximum absolute atomic E-state index is 11.7. The largest absolute Gasteiger partial charge is 0.507 e. The van der Waals surface area contributed by atoms with Crippen molar-refractivity contribution in [1.82, 2.24) is 5.23 Å².